The minimum absolute atomic E-state index is 0.131. The molecule has 0 fully saturated rings. The molecule has 6 nitrogen and oxygen atoms in total. The van der Waals surface area contributed by atoms with Crippen molar-refractivity contribution in [2.75, 3.05) is 19.4 Å². The average Bonchev–Trinajstić information content (AvgIpc) is 2.92. The van der Waals surface area contributed by atoms with Crippen LogP contribution in [0, 0.1) is 6.92 Å². The second kappa shape index (κ2) is 7.96. The van der Waals surface area contributed by atoms with Gasteiger partial charge in [0.25, 0.3) is 0 Å². The molecule has 0 aliphatic carbocycles. The van der Waals surface area contributed by atoms with Gasteiger partial charge in [-0.2, -0.15) is 0 Å². The van der Waals surface area contributed by atoms with Gasteiger partial charge in [0.05, 0.1) is 16.4 Å². The maximum absolute atomic E-state index is 11.9. The van der Waals surface area contributed by atoms with Crippen molar-refractivity contribution in [1.29, 1.82) is 0 Å². The normalized spacial score (nSPS) is 10.9. The third-order valence-electron chi connectivity index (χ3n) is 3.92. The molecule has 0 saturated carbocycles. The molecule has 0 aliphatic heterocycles. The first-order chi connectivity index (χ1) is 12.8. The average molecular weight is 472 g/mol. The molecule has 2 amide bonds. The molecule has 27 heavy (non-hydrogen) atoms. The Labute approximate surface area is 175 Å². The molecule has 2 heterocycles. The van der Waals surface area contributed by atoms with Crippen LogP contribution in [0.25, 0.3) is 5.65 Å². The molecule has 142 valence electrons. The quantitative estimate of drug-likeness (QED) is 0.555. The highest BCUT2D eigenvalue weighted by molar-refractivity contribution is 9.10. The number of urea groups is 1. The summed E-state index contributed by atoms with van der Waals surface area (Å²) in [5, 5.41) is 3.53. The van der Waals surface area contributed by atoms with Gasteiger partial charge in [0.1, 0.15) is 11.2 Å². The van der Waals surface area contributed by atoms with Crippen molar-refractivity contribution in [2.24, 2.45) is 0 Å². The molecule has 0 radical (unpaired) electrons. The number of hydrogen-bond acceptors (Lipinski definition) is 3. The van der Waals surface area contributed by atoms with E-state index in [1.165, 1.54) is 4.90 Å². The van der Waals surface area contributed by atoms with E-state index in [1.807, 2.05) is 29.7 Å². The molecule has 3 rings (SSSR count). The molecule has 0 saturated heterocycles. The Kier molecular flexibility index (Phi) is 5.83. The van der Waals surface area contributed by atoms with Crippen LogP contribution < -0.4 is 10.1 Å². The standard InChI is InChI=1S/C18H17BrCl2N4O2/c1-10-16(19)25-8-4-5-14(17(25)22-10)27-9-11-12(20)6-7-13(15(11)21)23-18(26)24(2)3/h4-8H,9H2,1-3H3,(H,23,26). The number of imidazole rings is 1. The third-order valence-corrected chi connectivity index (χ3v) is 5.66. The number of nitrogens with one attached hydrogen (secondary N) is 1. The second-order valence-corrected chi connectivity index (χ2v) is 7.59. The molecule has 3 aromatic rings. The van der Waals surface area contributed by atoms with Gasteiger partial charge in [0, 0.05) is 30.9 Å². The van der Waals surface area contributed by atoms with E-state index in [0.29, 0.717) is 32.7 Å². The van der Waals surface area contributed by atoms with Gasteiger partial charge in [-0.3, -0.25) is 4.40 Å². The highest BCUT2D eigenvalue weighted by Crippen LogP contribution is 2.33. The van der Waals surface area contributed by atoms with Crippen LogP contribution in [0.2, 0.25) is 10.0 Å². The van der Waals surface area contributed by atoms with Crippen LogP contribution in [0.1, 0.15) is 11.3 Å². The minimum Gasteiger partial charge on any atom is -0.485 e. The van der Waals surface area contributed by atoms with Crippen LogP contribution in [0.5, 0.6) is 5.75 Å². The second-order valence-electron chi connectivity index (χ2n) is 6.05. The van der Waals surface area contributed by atoms with Crippen molar-refractivity contribution in [1.82, 2.24) is 14.3 Å². The first-order valence-corrected chi connectivity index (χ1v) is 9.55. The van der Waals surface area contributed by atoms with Gasteiger partial charge in [-0.15, -0.1) is 0 Å². The summed E-state index contributed by atoms with van der Waals surface area (Å²) in [6, 6.07) is 6.74. The van der Waals surface area contributed by atoms with Crippen LogP contribution in [0.4, 0.5) is 10.5 Å². The molecule has 0 bridgehead atoms. The fraction of sp³-hybridized carbons (Fsp3) is 0.222. The van der Waals surface area contributed by atoms with Crippen LogP contribution in [0.15, 0.2) is 35.1 Å². The van der Waals surface area contributed by atoms with Gasteiger partial charge in [-0.25, -0.2) is 9.78 Å². The predicted octanol–water partition coefficient (Wildman–Crippen LogP) is 5.38. The minimum atomic E-state index is -0.284. The largest absolute Gasteiger partial charge is 0.485 e. The van der Waals surface area contributed by atoms with Crippen molar-refractivity contribution >= 4 is 56.5 Å². The predicted molar refractivity (Wildman–Crippen MR) is 111 cm³/mol. The van der Waals surface area contributed by atoms with Crippen molar-refractivity contribution in [3.8, 4) is 5.75 Å². The summed E-state index contributed by atoms with van der Waals surface area (Å²) in [5.74, 6) is 0.598. The number of pyridine rings is 1. The van der Waals surface area contributed by atoms with Crippen molar-refractivity contribution < 1.29 is 9.53 Å². The number of carbonyl (C=O) groups excluding carboxylic acids is 1. The molecular formula is C18H17BrCl2N4O2. The van der Waals surface area contributed by atoms with E-state index in [9.17, 15) is 4.79 Å². The van der Waals surface area contributed by atoms with Gasteiger partial charge in [0.2, 0.25) is 0 Å². The molecule has 0 spiro atoms. The Hall–Kier alpha value is -1.96. The van der Waals surface area contributed by atoms with E-state index in [2.05, 4.69) is 26.2 Å². The lowest BCUT2D eigenvalue weighted by Gasteiger charge is -2.16. The van der Waals surface area contributed by atoms with Gasteiger partial charge >= 0.3 is 6.03 Å². The van der Waals surface area contributed by atoms with Gasteiger partial charge in [-0.1, -0.05) is 23.2 Å². The lowest BCUT2D eigenvalue weighted by molar-refractivity contribution is 0.230. The van der Waals surface area contributed by atoms with Gasteiger partial charge < -0.3 is 15.0 Å². The number of anilines is 1. The molecule has 1 N–H and O–H groups in total. The van der Waals surface area contributed by atoms with E-state index >= 15 is 0 Å². The monoisotopic (exact) mass is 470 g/mol. The number of amides is 2. The zero-order valence-corrected chi connectivity index (χ0v) is 18.0. The van der Waals surface area contributed by atoms with E-state index < -0.39 is 0 Å². The lowest BCUT2D eigenvalue weighted by atomic mass is 10.2. The summed E-state index contributed by atoms with van der Waals surface area (Å²) in [7, 11) is 3.29. The zero-order valence-electron chi connectivity index (χ0n) is 14.9. The lowest BCUT2D eigenvalue weighted by Crippen LogP contribution is -2.27. The maximum atomic E-state index is 11.9. The number of ether oxygens (including phenoxy) is 1. The van der Waals surface area contributed by atoms with E-state index in [1.54, 1.807) is 26.2 Å². The maximum Gasteiger partial charge on any atom is 0.321 e. The molecule has 2 aromatic heterocycles. The van der Waals surface area contributed by atoms with Crippen LogP contribution in [-0.2, 0) is 6.61 Å². The van der Waals surface area contributed by atoms with E-state index in [0.717, 1.165) is 10.3 Å². The molecule has 1 aromatic carbocycles. The highest BCUT2D eigenvalue weighted by atomic mass is 79.9. The summed E-state index contributed by atoms with van der Waals surface area (Å²) in [6.45, 7) is 2.04. The van der Waals surface area contributed by atoms with Crippen LogP contribution >= 0.6 is 39.1 Å². The van der Waals surface area contributed by atoms with E-state index in [4.69, 9.17) is 27.9 Å². The number of benzene rings is 1. The molecule has 0 atom stereocenters. The molecule has 9 heteroatoms. The number of halogens is 3. The van der Waals surface area contributed by atoms with Crippen molar-refractivity contribution in [3.63, 3.8) is 0 Å². The molecule has 0 aliphatic rings. The third kappa shape index (κ3) is 4.00. The van der Waals surface area contributed by atoms with Crippen molar-refractivity contribution in [3.05, 3.63) is 56.4 Å². The SMILES string of the molecule is Cc1nc2c(OCc3c(Cl)ccc(NC(=O)N(C)C)c3Cl)cccn2c1Br. The summed E-state index contributed by atoms with van der Waals surface area (Å²) in [6.07, 6.45) is 1.89. The molecular weight excluding hydrogens is 455 g/mol. The smallest absolute Gasteiger partial charge is 0.321 e. The Balaban J connectivity index is 1.88. The number of fused-ring (bicyclic) bond motifs is 1. The number of carbonyl (C=O) groups is 1. The zero-order chi connectivity index (χ0) is 19.7. The number of rotatable bonds is 4. The number of nitrogens with zero attached hydrogens (tertiary/aromatic N) is 3. The summed E-state index contributed by atoms with van der Waals surface area (Å²) in [5.41, 5.74) is 2.59. The number of hydrogen-bond donors (Lipinski definition) is 1. The van der Waals surface area contributed by atoms with Gasteiger partial charge in [0.15, 0.2) is 11.4 Å². The summed E-state index contributed by atoms with van der Waals surface area (Å²) in [4.78, 5) is 17.8. The van der Waals surface area contributed by atoms with Gasteiger partial charge in [-0.05, 0) is 47.1 Å². The number of aryl methyl sites for hydroxylation is 1. The summed E-state index contributed by atoms with van der Waals surface area (Å²) < 4.78 is 8.71. The van der Waals surface area contributed by atoms with Crippen LogP contribution in [0.3, 0.4) is 0 Å². The van der Waals surface area contributed by atoms with Crippen molar-refractivity contribution in [2.45, 2.75) is 13.5 Å². The first-order valence-electron chi connectivity index (χ1n) is 8.00. The topological polar surface area (TPSA) is 58.9 Å². The Morgan fingerprint density at radius 2 is 2.07 bits per heavy atom. The molecule has 0 unspecified atom stereocenters. The Morgan fingerprint density at radius 3 is 2.78 bits per heavy atom. The first kappa shape index (κ1) is 19.8. The number of aromatic nitrogens is 2. The summed E-state index contributed by atoms with van der Waals surface area (Å²) >= 11 is 16.3. The highest BCUT2D eigenvalue weighted by Gasteiger charge is 2.16. The fourth-order valence-electron chi connectivity index (χ4n) is 2.44. The van der Waals surface area contributed by atoms with E-state index in [-0.39, 0.29) is 12.6 Å². The Bertz CT molecular complexity index is 1020. The Morgan fingerprint density at radius 1 is 1.33 bits per heavy atom. The fourth-order valence-corrected chi connectivity index (χ4v) is 3.34. The van der Waals surface area contributed by atoms with Crippen LogP contribution in [-0.4, -0.2) is 34.4 Å².